The molecule has 112 valence electrons. The number of fused-ring (bicyclic) bond motifs is 1. The highest BCUT2D eigenvalue weighted by atomic mass is 16.2. The first-order valence-electron chi connectivity index (χ1n) is 7.34. The summed E-state index contributed by atoms with van der Waals surface area (Å²) in [5.74, 6) is -0.107. The summed E-state index contributed by atoms with van der Waals surface area (Å²) in [4.78, 5) is 23.7. The second kappa shape index (κ2) is 5.64. The van der Waals surface area contributed by atoms with E-state index in [4.69, 9.17) is 0 Å². The van der Waals surface area contributed by atoms with Gasteiger partial charge in [0.05, 0.1) is 0 Å². The zero-order valence-corrected chi connectivity index (χ0v) is 12.7. The molecule has 22 heavy (non-hydrogen) atoms. The van der Waals surface area contributed by atoms with Crippen LogP contribution in [0.1, 0.15) is 33.5 Å². The number of benzene rings is 2. The average Bonchev–Trinajstić information content (AvgIpc) is 2.45. The largest absolute Gasteiger partial charge is 0.326 e. The van der Waals surface area contributed by atoms with Crippen LogP contribution >= 0.6 is 0 Å². The van der Waals surface area contributed by atoms with Crippen LogP contribution in [0.15, 0.2) is 36.4 Å². The molecule has 2 aromatic carbocycles. The summed E-state index contributed by atoms with van der Waals surface area (Å²) in [5, 5.41) is 5.75. The van der Waals surface area contributed by atoms with Crippen LogP contribution in [-0.2, 0) is 11.2 Å². The third-order valence-electron chi connectivity index (χ3n) is 3.74. The van der Waals surface area contributed by atoms with Gasteiger partial charge in [0.15, 0.2) is 0 Å². The molecular weight excluding hydrogens is 276 g/mol. The molecule has 1 aliphatic heterocycles. The van der Waals surface area contributed by atoms with E-state index in [0.29, 0.717) is 18.4 Å². The maximum Gasteiger partial charge on any atom is 0.255 e. The molecule has 4 nitrogen and oxygen atoms in total. The van der Waals surface area contributed by atoms with Gasteiger partial charge in [-0.2, -0.15) is 0 Å². The molecule has 2 aromatic rings. The van der Waals surface area contributed by atoms with Crippen molar-refractivity contribution in [1.29, 1.82) is 0 Å². The summed E-state index contributed by atoms with van der Waals surface area (Å²) in [7, 11) is 0. The number of carbonyl (C=O) groups excluding carboxylic acids is 2. The van der Waals surface area contributed by atoms with E-state index in [-0.39, 0.29) is 11.8 Å². The highest BCUT2D eigenvalue weighted by molar-refractivity contribution is 6.05. The smallest absolute Gasteiger partial charge is 0.255 e. The van der Waals surface area contributed by atoms with Crippen molar-refractivity contribution in [2.45, 2.75) is 26.7 Å². The Morgan fingerprint density at radius 1 is 1.05 bits per heavy atom. The van der Waals surface area contributed by atoms with Gasteiger partial charge in [0.2, 0.25) is 5.91 Å². The lowest BCUT2D eigenvalue weighted by atomic mass is 10.00. The molecule has 0 aliphatic carbocycles. The fourth-order valence-electron chi connectivity index (χ4n) is 2.77. The Kier molecular flexibility index (Phi) is 3.67. The molecule has 0 fully saturated rings. The van der Waals surface area contributed by atoms with Crippen molar-refractivity contribution < 1.29 is 9.59 Å². The van der Waals surface area contributed by atoms with Gasteiger partial charge in [0.25, 0.3) is 5.91 Å². The van der Waals surface area contributed by atoms with Crippen molar-refractivity contribution in [3.8, 4) is 0 Å². The van der Waals surface area contributed by atoms with Crippen molar-refractivity contribution in [2.24, 2.45) is 0 Å². The topological polar surface area (TPSA) is 58.2 Å². The van der Waals surface area contributed by atoms with Gasteiger partial charge in [-0.1, -0.05) is 6.07 Å². The minimum Gasteiger partial charge on any atom is -0.326 e. The third-order valence-corrected chi connectivity index (χ3v) is 3.74. The molecule has 0 radical (unpaired) electrons. The van der Waals surface area contributed by atoms with Gasteiger partial charge in [-0.3, -0.25) is 9.59 Å². The van der Waals surface area contributed by atoms with Gasteiger partial charge >= 0.3 is 0 Å². The Bertz CT molecular complexity index is 745. The number of carbonyl (C=O) groups is 2. The molecular formula is C18H18N2O2. The molecule has 3 rings (SSSR count). The second-order valence-corrected chi connectivity index (χ2v) is 5.75. The Morgan fingerprint density at radius 3 is 2.50 bits per heavy atom. The zero-order chi connectivity index (χ0) is 15.7. The lowest BCUT2D eigenvalue weighted by Gasteiger charge is -2.17. The zero-order valence-electron chi connectivity index (χ0n) is 12.7. The number of aryl methyl sites for hydroxylation is 3. The first-order valence-corrected chi connectivity index (χ1v) is 7.34. The Balaban J connectivity index is 1.82. The van der Waals surface area contributed by atoms with Crippen LogP contribution in [0.5, 0.6) is 0 Å². The van der Waals surface area contributed by atoms with E-state index in [1.807, 2.05) is 32.0 Å². The number of anilines is 2. The molecule has 0 bridgehead atoms. The lowest BCUT2D eigenvalue weighted by molar-refractivity contribution is -0.116. The average molecular weight is 294 g/mol. The van der Waals surface area contributed by atoms with Crippen molar-refractivity contribution in [3.63, 3.8) is 0 Å². The summed E-state index contributed by atoms with van der Waals surface area (Å²) >= 11 is 0. The van der Waals surface area contributed by atoms with Crippen LogP contribution in [-0.4, -0.2) is 11.8 Å². The quantitative estimate of drug-likeness (QED) is 0.891. The summed E-state index contributed by atoms with van der Waals surface area (Å²) in [5.41, 5.74) is 5.45. The predicted molar refractivity (Wildman–Crippen MR) is 87.3 cm³/mol. The predicted octanol–water partition coefficient (Wildman–Crippen LogP) is 3.44. The van der Waals surface area contributed by atoms with Gasteiger partial charge in [0.1, 0.15) is 0 Å². The maximum absolute atomic E-state index is 12.4. The first-order chi connectivity index (χ1) is 10.5. The summed E-state index contributed by atoms with van der Waals surface area (Å²) < 4.78 is 0. The summed E-state index contributed by atoms with van der Waals surface area (Å²) in [6.45, 7) is 4.01. The van der Waals surface area contributed by atoms with E-state index in [1.165, 1.54) is 0 Å². The van der Waals surface area contributed by atoms with Crippen LogP contribution in [0, 0.1) is 13.8 Å². The summed E-state index contributed by atoms with van der Waals surface area (Å²) in [6, 6.07) is 11.3. The van der Waals surface area contributed by atoms with Crippen molar-refractivity contribution in [2.75, 3.05) is 10.6 Å². The molecule has 1 heterocycles. The Morgan fingerprint density at radius 2 is 1.77 bits per heavy atom. The van der Waals surface area contributed by atoms with Crippen molar-refractivity contribution in [3.05, 3.63) is 58.7 Å². The van der Waals surface area contributed by atoms with Gasteiger partial charge in [-0.25, -0.2) is 0 Å². The molecule has 0 aromatic heterocycles. The number of hydrogen-bond acceptors (Lipinski definition) is 2. The summed E-state index contributed by atoms with van der Waals surface area (Å²) in [6.07, 6.45) is 1.14. The van der Waals surface area contributed by atoms with Gasteiger partial charge in [-0.05, 0) is 67.3 Å². The normalized spacial score (nSPS) is 13.3. The molecule has 1 aliphatic rings. The maximum atomic E-state index is 12.4. The van der Waals surface area contributed by atoms with E-state index >= 15 is 0 Å². The third kappa shape index (κ3) is 3.01. The number of nitrogens with one attached hydrogen (secondary N) is 2. The standard InChI is InChI=1S/C18H18N2O2/c1-11-7-12(2)9-15(8-11)19-18(22)14-3-5-16-13(10-14)4-6-17(21)20-16/h3,5,7-10H,4,6H2,1-2H3,(H,19,22)(H,20,21). The number of amides is 2. The van der Waals surface area contributed by atoms with E-state index in [0.717, 1.165) is 28.1 Å². The van der Waals surface area contributed by atoms with Crippen LogP contribution in [0.3, 0.4) is 0 Å². The molecule has 0 saturated heterocycles. The fraction of sp³-hybridized carbons (Fsp3) is 0.222. The monoisotopic (exact) mass is 294 g/mol. The van der Waals surface area contributed by atoms with Crippen LogP contribution in [0.25, 0.3) is 0 Å². The molecule has 0 atom stereocenters. The number of hydrogen-bond donors (Lipinski definition) is 2. The molecule has 0 spiro atoms. The van der Waals surface area contributed by atoms with Crippen LogP contribution in [0.2, 0.25) is 0 Å². The van der Waals surface area contributed by atoms with E-state index in [1.54, 1.807) is 12.1 Å². The van der Waals surface area contributed by atoms with Gasteiger partial charge in [-0.15, -0.1) is 0 Å². The number of rotatable bonds is 2. The van der Waals surface area contributed by atoms with Crippen LogP contribution < -0.4 is 10.6 Å². The van der Waals surface area contributed by atoms with E-state index in [9.17, 15) is 9.59 Å². The van der Waals surface area contributed by atoms with Gasteiger partial charge in [0, 0.05) is 23.4 Å². The highest BCUT2D eigenvalue weighted by Crippen LogP contribution is 2.24. The van der Waals surface area contributed by atoms with Gasteiger partial charge < -0.3 is 10.6 Å². The molecule has 2 N–H and O–H groups in total. The van der Waals surface area contributed by atoms with Crippen LogP contribution in [0.4, 0.5) is 11.4 Å². The van der Waals surface area contributed by atoms with E-state index in [2.05, 4.69) is 16.7 Å². The van der Waals surface area contributed by atoms with Crippen molar-refractivity contribution >= 4 is 23.2 Å². The molecule has 0 saturated carbocycles. The second-order valence-electron chi connectivity index (χ2n) is 5.75. The molecule has 2 amide bonds. The Hall–Kier alpha value is -2.62. The lowest BCUT2D eigenvalue weighted by Crippen LogP contribution is -2.20. The molecule has 0 unspecified atom stereocenters. The minimum absolute atomic E-state index is 0.0277. The SMILES string of the molecule is Cc1cc(C)cc(NC(=O)c2ccc3c(c2)CCC(=O)N3)c1. The fourth-order valence-corrected chi connectivity index (χ4v) is 2.77. The first kappa shape index (κ1) is 14.3. The highest BCUT2D eigenvalue weighted by Gasteiger charge is 2.16. The van der Waals surface area contributed by atoms with E-state index < -0.39 is 0 Å². The Labute approximate surface area is 129 Å². The minimum atomic E-state index is -0.135. The molecule has 4 heteroatoms. The van der Waals surface area contributed by atoms with Crippen molar-refractivity contribution in [1.82, 2.24) is 0 Å².